The molecule has 0 N–H and O–H groups in total. The Morgan fingerprint density at radius 3 is 2.23 bits per heavy atom. The second-order valence-electron chi connectivity index (χ2n) is 6.17. The lowest BCUT2D eigenvalue weighted by Crippen LogP contribution is -1.98. The van der Waals surface area contributed by atoms with Crippen molar-refractivity contribution in [3.63, 3.8) is 0 Å². The van der Waals surface area contributed by atoms with Gasteiger partial charge in [0.15, 0.2) is 23.2 Å². The zero-order valence-corrected chi connectivity index (χ0v) is 14.7. The minimum Gasteiger partial charge on any atom is -0.486 e. The van der Waals surface area contributed by atoms with E-state index < -0.39 is 17.5 Å². The van der Waals surface area contributed by atoms with E-state index >= 15 is 0 Å². The molecule has 0 bridgehead atoms. The van der Waals surface area contributed by atoms with Crippen LogP contribution in [0.5, 0.6) is 5.75 Å². The molecule has 0 spiro atoms. The van der Waals surface area contributed by atoms with Gasteiger partial charge in [-0.05, 0) is 47.7 Å². The Hall–Kier alpha value is -2.75. The Bertz CT molecular complexity index is 917. The van der Waals surface area contributed by atoms with Gasteiger partial charge < -0.3 is 4.74 Å². The van der Waals surface area contributed by atoms with Crippen LogP contribution < -0.4 is 4.74 Å². The monoisotopic (exact) mass is 356 g/mol. The molecule has 1 nitrogen and oxygen atoms in total. The van der Waals surface area contributed by atoms with Crippen LogP contribution in [0.4, 0.5) is 13.2 Å². The molecule has 0 aliphatic heterocycles. The maximum atomic E-state index is 14.2. The van der Waals surface area contributed by atoms with Gasteiger partial charge in [0.05, 0.1) is 0 Å². The zero-order chi connectivity index (χ0) is 18.7. The SMILES string of the molecule is CCc1ccc(-c2ccc(COc3ccc(C)cc3F)cc2)c(F)c1F. The van der Waals surface area contributed by atoms with E-state index in [-0.39, 0.29) is 17.9 Å². The molecule has 0 radical (unpaired) electrons. The molecule has 0 aliphatic carbocycles. The predicted molar refractivity (Wildman–Crippen MR) is 96.6 cm³/mol. The molecule has 0 atom stereocenters. The molecular formula is C22H19F3O. The lowest BCUT2D eigenvalue weighted by molar-refractivity contribution is 0.290. The summed E-state index contributed by atoms with van der Waals surface area (Å²) in [5, 5.41) is 0. The van der Waals surface area contributed by atoms with Gasteiger partial charge in [-0.3, -0.25) is 0 Å². The molecule has 4 heteroatoms. The van der Waals surface area contributed by atoms with Crippen LogP contribution in [0.15, 0.2) is 54.6 Å². The summed E-state index contributed by atoms with van der Waals surface area (Å²) in [7, 11) is 0. The van der Waals surface area contributed by atoms with Gasteiger partial charge in [-0.15, -0.1) is 0 Å². The largest absolute Gasteiger partial charge is 0.486 e. The highest BCUT2D eigenvalue weighted by Crippen LogP contribution is 2.27. The molecule has 3 aromatic rings. The fourth-order valence-electron chi connectivity index (χ4n) is 2.75. The van der Waals surface area contributed by atoms with Gasteiger partial charge >= 0.3 is 0 Å². The first-order valence-electron chi connectivity index (χ1n) is 8.44. The summed E-state index contributed by atoms with van der Waals surface area (Å²) in [6.07, 6.45) is 0.439. The average molecular weight is 356 g/mol. The maximum absolute atomic E-state index is 14.2. The van der Waals surface area contributed by atoms with Crippen molar-refractivity contribution in [2.45, 2.75) is 26.9 Å². The molecule has 0 amide bonds. The fraction of sp³-hybridized carbons (Fsp3) is 0.182. The van der Waals surface area contributed by atoms with E-state index in [1.165, 1.54) is 6.07 Å². The molecule has 0 saturated carbocycles. The van der Waals surface area contributed by atoms with Crippen LogP contribution in [-0.4, -0.2) is 0 Å². The van der Waals surface area contributed by atoms with E-state index in [0.29, 0.717) is 17.5 Å². The molecule has 26 heavy (non-hydrogen) atoms. The number of ether oxygens (including phenoxy) is 1. The molecule has 3 rings (SSSR count). The smallest absolute Gasteiger partial charge is 0.166 e. The van der Waals surface area contributed by atoms with Gasteiger partial charge in [-0.25, -0.2) is 13.2 Å². The summed E-state index contributed by atoms with van der Waals surface area (Å²) >= 11 is 0. The Morgan fingerprint density at radius 1 is 0.846 bits per heavy atom. The van der Waals surface area contributed by atoms with E-state index in [2.05, 4.69) is 0 Å². The van der Waals surface area contributed by atoms with E-state index in [4.69, 9.17) is 4.74 Å². The molecule has 0 saturated heterocycles. The standard InChI is InChI=1S/C22H19F3O/c1-3-16-9-10-18(22(25)21(16)24)17-7-5-15(6-8-17)13-26-20-11-4-14(2)12-19(20)23/h4-12H,3,13H2,1-2H3. The summed E-state index contributed by atoms with van der Waals surface area (Å²) in [5.74, 6) is -1.86. The average Bonchev–Trinajstić information content (AvgIpc) is 2.64. The highest BCUT2D eigenvalue weighted by molar-refractivity contribution is 5.65. The van der Waals surface area contributed by atoms with E-state index in [1.54, 1.807) is 62.4 Å². The Kier molecular flexibility index (Phi) is 5.31. The van der Waals surface area contributed by atoms with Gasteiger partial charge in [-0.1, -0.05) is 49.4 Å². The van der Waals surface area contributed by atoms with E-state index in [9.17, 15) is 13.2 Å². The van der Waals surface area contributed by atoms with Crippen LogP contribution in [0.1, 0.15) is 23.6 Å². The third-order valence-electron chi connectivity index (χ3n) is 4.29. The summed E-state index contributed by atoms with van der Waals surface area (Å²) in [4.78, 5) is 0. The second kappa shape index (κ2) is 7.65. The maximum Gasteiger partial charge on any atom is 0.166 e. The number of hydrogen-bond donors (Lipinski definition) is 0. The lowest BCUT2D eigenvalue weighted by atomic mass is 10.0. The lowest BCUT2D eigenvalue weighted by Gasteiger charge is -2.10. The number of rotatable bonds is 5. The summed E-state index contributed by atoms with van der Waals surface area (Å²) in [5.41, 5.74) is 2.78. The van der Waals surface area contributed by atoms with Crippen LogP contribution >= 0.6 is 0 Å². The topological polar surface area (TPSA) is 9.23 Å². The Morgan fingerprint density at radius 2 is 1.58 bits per heavy atom. The fourth-order valence-corrected chi connectivity index (χ4v) is 2.75. The van der Waals surface area contributed by atoms with Gasteiger partial charge in [0.2, 0.25) is 0 Å². The first-order valence-corrected chi connectivity index (χ1v) is 8.44. The molecule has 134 valence electrons. The van der Waals surface area contributed by atoms with E-state index in [1.807, 2.05) is 0 Å². The van der Waals surface area contributed by atoms with Gasteiger partial charge in [0.1, 0.15) is 6.61 Å². The zero-order valence-electron chi connectivity index (χ0n) is 14.7. The van der Waals surface area contributed by atoms with Gasteiger partial charge in [0.25, 0.3) is 0 Å². The van der Waals surface area contributed by atoms with Crippen LogP contribution in [0.25, 0.3) is 11.1 Å². The quantitative estimate of drug-likeness (QED) is 0.527. The van der Waals surface area contributed by atoms with Crippen molar-refractivity contribution < 1.29 is 17.9 Å². The first kappa shape index (κ1) is 18.1. The van der Waals surface area contributed by atoms with E-state index in [0.717, 1.165) is 11.1 Å². The minimum atomic E-state index is -0.838. The van der Waals surface area contributed by atoms with Crippen LogP contribution in [0, 0.1) is 24.4 Å². The Balaban J connectivity index is 1.75. The molecule has 0 aromatic heterocycles. The van der Waals surface area contributed by atoms with Crippen molar-refractivity contribution >= 4 is 0 Å². The number of hydrogen-bond acceptors (Lipinski definition) is 1. The molecule has 0 heterocycles. The highest BCUT2D eigenvalue weighted by atomic mass is 19.2. The molecule has 0 unspecified atom stereocenters. The van der Waals surface area contributed by atoms with Crippen molar-refractivity contribution in [1.29, 1.82) is 0 Å². The van der Waals surface area contributed by atoms with Crippen molar-refractivity contribution in [3.8, 4) is 16.9 Å². The van der Waals surface area contributed by atoms with Crippen molar-refractivity contribution in [1.82, 2.24) is 0 Å². The summed E-state index contributed by atoms with van der Waals surface area (Å²) in [6, 6.07) is 14.9. The summed E-state index contributed by atoms with van der Waals surface area (Å²) in [6.45, 7) is 3.77. The van der Waals surface area contributed by atoms with Crippen molar-refractivity contribution in [2.75, 3.05) is 0 Å². The van der Waals surface area contributed by atoms with Gasteiger partial charge in [-0.2, -0.15) is 0 Å². The second-order valence-corrected chi connectivity index (χ2v) is 6.17. The molecular weight excluding hydrogens is 337 g/mol. The molecule has 0 fully saturated rings. The first-order chi connectivity index (χ1) is 12.5. The van der Waals surface area contributed by atoms with Crippen LogP contribution in [0.2, 0.25) is 0 Å². The normalized spacial score (nSPS) is 10.8. The molecule has 3 aromatic carbocycles. The van der Waals surface area contributed by atoms with Crippen molar-refractivity contribution in [3.05, 3.63) is 88.7 Å². The summed E-state index contributed by atoms with van der Waals surface area (Å²) < 4.78 is 47.5. The third kappa shape index (κ3) is 3.74. The van der Waals surface area contributed by atoms with Crippen LogP contribution in [-0.2, 0) is 13.0 Å². The van der Waals surface area contributed by atoms with Crippen LogP contribution in [0.3, 0.4) is 0 Å². The van der Waals surface area contributed by atoms with Gasteiger partial charge in [0, 0.05) is 5.56 Å². The van der Waals surface area contributed by atoms with Crippen molar-refractivity contribution in [2.24, 2.45) is 0 Å². The Labute approximate surface area is 151 Å². The number of aryl methyl sites for hydroxylation is 2. The molecule has 0 aliphatic rings. The highest BCUT2D eigenvalue weighted by Gasteiger charge is 2.13. The third-order valence-corrected chi connectivity index (χ3v) is 4.29. The number of halogens is 3. The predicted octanol–water partition coefficient (Wildman–Crippen LogP) is 6.22. The minimum absolute atomic E-state index is 0.183. The number of benzene rings is 3.